The number of piperidine rings is 1. The van der Waals surface area contributed by atoms with E-state index < -0.39 is 8.07 Å². The van der Waals surface area contributed by atoms with Crippen LogP contribution in [0.1, 0.15) is 56.4 Å². The highest BCUT2D eigenvalue weighted by Gasteiger charge is 2.28. The summed E-state index contributed by atoms with van der Waals surface area (Å²) in [4.78, 5) is 26.4. The molecule has 1 saturated heterocycles. The molecule has 1 atom stereocenters. The molecule has 2 aliphatic rings. The van der Waals surface area contributed by atoms with E-state index in [0.717, 1.165) is 64.7 Å². The Bertz CT molecular complexity index is 1290. The number of fused-ring (bicyclic) bond motifs is 1. The van der Waals surface area contributed by atoms with Crippen LogP contribution < -0.4 is 9.80 Å². The number of esters is 1. The normalized spacial score (nSPS) is 18.4. The molecule has 40 heavy (non-hydrogen) atoms. The topological polar surface area (TPSA) is 93.6 Å². The average Bonchev–Trinajstić information content (AvgIpc) is 3.65. The summed E-state index contributed by atoms with van der Waals surface area (Å²) < 4.78 is 11.5. The second-order valence-corrected chi connectivity index (χ2v) is 18.7. The Morgan fingerprint density at radius 2 is 1.95 bits per heavy atom. The average molecular weight is 583 g/mol. The molecule has 0 bridgehead atoms. The summed E-state index contributed by atoms with van der Waals surface area (Å²) in [5, 5.41) is 11.1. The van der Waals surface area contributed by atoms with Crippen LogP contribution in [0.5, 0.6) is 0 Å². The summed E-state index contributed by atoms with van der Waals surface area (Å²) >= 11 is 1.66. The van der Waals surface area contributed by atoms with E-state index in [1.165, 1.54) is 25.7 Å². The molecule has 3 aromatic rings. The van der Waals surface area contributed by atoms with Gasteiger partial charge < -0.3 is 14.4 Å². The van der Waals surface area contributed by atoms with Crippen molar-refractivity contribution in [2.75, 3.05) is 42.8 Å². The Hall–Kier alpha value is -2.63. The fourth-order valence-electron chi connectivity index (χ4n) is 5.40. The highest BCUT2D eigenvalue weighted by Crippen LogP contribution is 2.38. The number of hydrogen-bond donors (Lipinski definition) is 0. The smallest absolute Gasteiger partial charge is 0.310 e. The van der Waals surface area contributed by atoms with Crippen LogP contribution in [0.2, 0.25) is 25.7 Å². The van der Waals surface area contributed by atoms with Crippen molar-refractivity contribution in [3.63, 3.8) is 0 Å². The van der Waals surface area contributed by atoms with Gasteiger partial charge in [-0.3, -0.25) is 14.7 Å². The molecule has 0 radical (unpaired) electrons. The van der Waals surface area contributed by atoms with E-state index in [-0.39, 0.29) is 11.9 Å². The Morgan fingerprint density at radius 1 is 1.12 bits per heavy atom. The molecule has 4 heterocycles. The van der Waals surface area contributed by atoms with E-state index in [0.29, 0.717) is 25.8 Å². The van der Waals surface area contributed by atoms with Gasteiger partial charge in [0.15, 0.2) is 0 Å². The van der Waals surface area contributed by atoms with Crippen LogP contribution in [-0.2, 0) is 14.3 Å². The summed E-state index contributed by atoms with van der Waals surface area (Å²) in [6.07, 6.45) is 8.60. The van der Waals surface area contributed by atoms with Crippen LogP contribution >= 0.6 is 11.3 Å². The Labute approximate surface area is 242 Å². The van der Waals surface area contributed by atoms with Crippen LogP contribution in [0, 0.1) is 5.92 Å². The van der Waals surface area contributed by atoms with Gasteiger partial charge in [0.05, 0.1) is 35.4 Å². The molecule has 1 aliphatic carbocycles. The van der Waals surface area contributed by atoms with Crippen LogP contribution in [-0.4, -0.2) is 67.2 Å². The zero-order valence-electron chi connectivity index (χ0n) is 24.3. The van der Waals surface area contributed by atoms with Crippen molar-refractivity contribution in [3.05, 3.63) is 29.4 Å². The molecular weight excluding hydrogens is 541 g/mol. The van der Waals surface area contributed by atoms with Gasteiger partial charge in [-0.25, -0.2) is 4.98 Å². The fourth-order valence-corrected chi connectivity index (χ4v) is 7.17. The van der Waals surface area contributed by atoms with E-state index in [2.05, 4.69) is 40.8 Å². The molecule has 1 aliphatic heterocycles. The van der Waals surface area contributed by atoms with E-state index in [9.17, 15) is 4.79 Å². The molecule has 216 valence electrons. The van der Waals surface area contributed by atoms with Gasteiger partial charge >= 0.3 is 5.97 Å². The summed E-state index contributed by atoms with van der Waals surface area (Å²) in [7, 11) is -1.20. The highest BCUT2D eigenvalue weighted by atomic mass is 32.1. The fraction of sp³-hybridized carbons (Fsp3) is 0.621. The monoisotopic (exact) mass is 582 g/mol. The zero-order chi connectivity index (χ0) is 28.1. The molecule has 5 rings (SSSR count). The van der Waals surface area contributed by atoms with Gasteiger partial charge in [-0.2, -0.15) is 0 Å². The van der Waals surface area contributed by atoms with Gasteiger partial charge in [0.1, 0.15) is 17.6 Å². The maximum absolute atomic E-state index is 12.4. The van der Waals surface area contributed by atoms with Crippen molar-refractivity contribution in [3.8, 4) is 0 Å². The minimum Gasteiger partial charge on any atom is -0.466 e. The van der Waals surface area contributed by atoms with Gasteiger partial charge in [-0.05, 0) is 56.9 Å². The summed E-state index contributed by atoms with van der Waals surface area (Å²) in [5.74, 6) is 1.07. The van der Waals surface area contributed by atoms with Crippen LogP contribution in [0.25, 0.3) is 11.0 Å². The quantitative estimate of drug-likeness (QED) is 0.111. The van der Waals surface area contributed by atoms with Crippen molar-refractivity contribution >= 4 is 53.1 Å². The summed E-state index contributed by atoms with van der Waals surface area (Å²) in [5.41, 5.74) is 2.61. The maximum Gasteiger partial charge on any atom is 0.310 e. The number of carbonyl (C=O) groups is 1. The van der Waals surface area contributed by atoms with Crippen molar-refractivity contribution < 1.29 is 14.3 Å². The number of carbonyl (C=O) groups excluding carboxylic acids is 1. The molecule has 0 amide bonds. The molecule has 0 N–H and O–H groups in total. The minimum atomic E-state index is -1.20. The first-order chi connectivity index (χ1) is 19.3. The first-order valence-corrected chi connectivity index (χ1v) is 19.2. The van der Waals surface area contributed by atoms with Crippen molar-refractivity contribution in [1.82, 2.24) is 20.2 Å². The lowest BCUT2D eigenvalue weighted by Gasteiger charge is -2.33. The molecule has 2 fully saturated rings. The van der Waals surface area contributed by atoms with E-state index in [4.69, 9.17) is 19.4 Å². The minimum absolute atomic E-state index is 0.111. The Morgan fingerprint density at radius 3 is 2.73 bits per heavy atom. The number of rotatable bonds is 11. The van der Waals surface area contributed by atoms with E-state index >= 15 is 0 Å². The van der Waals surface area contributed by atoms with Crippen LogP contribution in [0.4, 0.5) is 16.6 Å². The first-order valence-electron chi connectivity index (χ1n) is 14.7. The zero-order valence-corrected chi connectivity index (χ0v) is 26.1. The third-order valence-corrected chi connectivity index (χ3v) is 10.6. The summed E-state index contributed by atoms with van der Waals surface area (Å²) in [6.45, 7) is 12.0. The van der Waals surface area contributed by atoms with Gasteiger partial charge in [0.2, 0.25) is 5.13 Å². The Kier molecular flexibility index (Phi) is 9.32. The number of hydrogen-bond acceptors (Lipinski definition) is 10. The van der Waals surface area contributed by atoms with Gasteiger partial charge in [0, 0.05) is 33.7 Å². The molecule has 9 nitrogen and oxygen atoms in total. The number of anilines is 3. The lowest BCUT2D eigenvalue weighted by molar-refractivity contribution is -0.148. The van der Waals surface area contributed by atoms with Crippen LogP contribution in [0.3, 0.4) is 0 Å². The second kappa shape index (κ2) is 12.9. The number of nitrogens with zero attached hydrogens (tertiary/aromatic N) is 6. The second-order valence-electron chi connectivity index (χ2n) is 12.1. The van der Waals surface area contributed by atoms with Gasteiger partial charge in [-0.1, -0.05) is 43.8 Å². The number of pyridine rings is 2. The standard InChI is InChI=1S/C29H42N6O3SSi/c1-5-38-28(36)22-11-8-14-34(19-22)23-17-25-24(30-18-23)12-13-26(31-25)35(20-37-15-16-40(2,3)4)29-33-32-27(39-29)21-9-6-7-10-21/h12-13,17-18,21-22H,5-11,14-16,19-20H2,1-4H3. The van der Waals surface area contributed by atoms with Crippen molar-refractivity contribution in [1.29, 1.82) is 0 Å². The maximum atomic E-state index is 12.4. The molecule has 3 aromatic heterocycles. The number of ether oxygens (including phenoxy) is 2. The molecule has 11 heteroatoms. The lowest BCUT2D eigenvalue weighted by atomic mass is 9.98. The van der Waals surface area contributed by atoms with Gasteiger partial charge in [0.25, 0.3) is 0 Å². The molecule has 0 spiro atoms. The largest absolute Gasteiger partial charge is 0.466 e. The van der Waals surface area contributed by atoms with E-state index in [1.807, 2.05) is 30.2 Å². The lowest BCUT2D eigenvalue weighted by Crippen LogP contribution is -2.39. The third kappa shape index (κ3) is 7.16. The Balaban J connectivity index is 1.39. The number of aromatic nitrogens is 4. The van der Waals surface area contributed by atoms with Gasteiger partial charge in [-0.15, -0.1) is 10.2 Å². The molecule has 1 saturated carbocycles. The predicted molar refractivity (Wildman–Crippen MR) is 163 cm³/mol. The molecular formula is C29H42N6O3SSi. The van der Waals surface area contributed by atoms with Crippen LogP contribution in [0.15, 0.2) is 24.4 Å². The first kappa shape index (κ1) is 28.9. The molecule has 0 aromatic carbocycles. The summed E-state index contributed by atoms with van der Waals surface area (Å²) in [6, 6.07) is 7.18. The van der Waals surface area contributed by atoms with Crippen molar-refractivity contribution in [2.45, 2.75) is 77.1 Å². The SMILES string of the molecule is CCOC(=O)C1CCCN(c2cnc3ccc(N(COCC[Si](C)(C)C)c4nnc(C5CCCC5)s4)nc3c2)C1. The third-order valence-electron chi connectivity index (χ3n) is 7.77. The van der Waals surface area contributed by atoms with Crippen molar-refractivity contribution in [2.24, 2.45) is 5.92 Å². The predicted octanol–water partition coefficient (Wildman–Crippen LogP) is 6.37. The highest BCUT2D eigenvalue weighted by molar-refractivity contribution is 7.15. The van der Waals surface area contributed by atoms with E-state index in [1.54, 1.807) is 11.3 Å². The molecule has 1 unspecified atom stereocenters.